The third kappa shape index (κ3) is 4.99. The standard InChI is InChI=1S/C30H45N3O4S/c1-17(2)20(15-34)33-24(26(36)32-29(7,8)16-28(4,5)6)30-18(3)14-21(38-30)22(23(30)27(33)37)25(35)31-19-12-10-9-11-13-19/h9-13,17-18,20-24,34H,14-16H2,1-8H3,(H,31,35)(H,32,36)/t18?,20-,21+,22-,23-,24?,30?/m0/s1. The Kier molecular flexibility index (Phi) is 7.74. The highest BCUT2D eigenvalue weighted by molar-refractivity contribution is 8.02. The number of aliphatic hydroxyl groups is 1. The first-order valence-electron chi connectivity index (χ1n) is 13.9. The Morgan fingerprint density at radius 2 is 1.76 bits per heavy atom. The number of hydrogen-bond acceptors (Lipinski definition) is 5. The number of fused-ring (bicyclic) bond motifs is 1. The quantitative estimate of drug-likeness (QED) is 0.454. The predicted molar refractivity (Wildman–Crippen MR) is 153 cm³/mol. The van der Waals surface area contributed by atoms with Crippen LogP contribution in [0.1, 0.15) is 68.2 Å². The Morgan fingerprint density at radius 1 is 1.13 bits per heavy atom. The third-order valence-electron chi connectivity index (χ3n) is 8.52. The Hall–Kier alpha value is -2.06. The van der Waals surface area contributed by atoms with Gasteiger partial charge in [-0.1, -0.05) is 59.7 Å². The second kappa shape index (κ2) is 10.2. The van der Waals surface area contributed by atoms with Gasteiger partial charge in [-0.05, 0) is 56.1 Å². The highest BCUT2D eigenvalue weighted by Crippen LogP contribution is 2.69. The average molecular weight is 544 g/mol. The normalized spacial score (nSPS) is 31.5. The molecule has 7 nitrogen and oxygen atoms in total. The van der Waals surface area contributed by atoms with Crippen molar-refractivity contribution in [1.29, 1.82) is 0 Å². The fraction of sp³-hybridized carbons (Fsp3) is 0.700. The average Bonchev–Trinajstić information content (AvgIpc) is 3.37. The van der Waals surface area contributed by atoms with Gasteiger partial charge in [0.2, 0.25) is 17.7 Å². The third-order valence-corrected chi connectivity index (χ3v) is 10.6. The summed E-state index contributed by atoms with van der Waals surface area (Å²) in [5.41, 5.74) is 0.214. The van der Waals surface area contributed by atoms with Crippen molar-refractivity contribution < 1.29 is 19.5 Å². The van der Waals surface area contributed by atoms with E-state index in [1.807, 2.05) is 58.0 Å². The topological polar surface area (TPSA) is 98.7 Å². The zero-order chi connectivity index (χ0) is 28.2. The lowest BCUT2D eigenvalue weighted by atomic mass is 9.65. The van der Waals surface area contributed by atoms with Gasteiger partial charge in [-0.25, -0.2) is 0 Å². The second-order valence-corrected chi connectivity index (χ2v) is 15.3. The van der Waals surface area contributed by atoms with Crippen LogP contribution in [-0.2, 0) is 14.4 Å². The summed E-state index contributed by atoms with van der Waals surface area (Å²) in [5.74, 6) is -1.64. The van der Waals surface area contributed by atoms with Gasteiger partial charge in [0, 0.05) is 16.5 Å². The monoisotopic (exact) mass is 543 g/mol. The maximum absolute atomic E-state index is 14.3. The second-order valence-electron chi connectivity index (χ2n) is 13.8. The van der Waals surface area contributed by atoms with Gasteiger partial charge in [0.15, 0.2) is 0 Å². The van der Waals surface area contributed by atoms with E-state index in [-0.39, 0.29) is 46.8 Å². The summed E-state index contributed by atoms with van der Waals surface area (Å²) >= 11 is 1.66. The number of hydrogen-bond donors (Lipinski definition) is 3. The molecule has 3 saturated heterocycles. The van der Waals surface area contributed by atoms with Crippen LogP contribution in [0.3, 0.4) is 0 Å². The molecule has 0 saturated carbocycles. The van der Waals surface area contributed by atoms with E-state index in [1.165, 1.54) is 0 Å². The molecule has 2 bridgehead atoms. The lowest BCUT2D eigenvalue weighted by Crippen LogP contribution is -2.62. The molecule has 38 heavy (non-hydrogen) atoms. The minimum atomic E-state index is -0.752. The minimum absolute atomic E-state index is 0.00280. The van der Waals surface area contributed by atoms with Crippen LogP contribution in [0.25, 0.3) is 0 Å². The van der Waals surface area contributed by atoms with Crippen molar-refractivity contribution in [3.05, 3.63) is 30.3 Å². The first kappa shape index (κ1) is 28.9. The van der Waals surface area contributed by atoms with Gasteiger partial charge in [-0.2, -0.15) is 0 Å². The van der Waals surface area contributed by atoms with Crippen molar-refractivity contribution in [2.24, 2.45) is 29.1 Å². The molecule has 4 rings (SSSR count). The maximum Gasteiger partial charge on any atom is 0.244 e. The van der Waals surface area contributed by atoms with E-state index in [0.29, 0.717) is 5.69 Å². The van der Waals surface area contributed by atoms with Crippen LogP contribution in [0.15, 0.2) is 30.3 Å². The van der Waals surface area contributed by atoms with E-state index in [0.717, 1.165) is 12.8 Å². The number of thioether (sulfide) groups is 1. The molecule has 8 heteroatoms. The number of anilines is 1. The van der Waals surface area contributed by atoms with Crippen LogP contribution in [0.5, 0.6) is 0 Å². The molecular formula is C30H45N3O4S. The molecule has 1 aromatic rings. The van der Waals surface area contributed by atoms with Crippen molar-refractivity contribution in [2.75, 3.05) is 11.9 Å². The number of nitrogens with one attached hydrogen (secondary N) is 2. The number of carbonyl (C=O) groups excluding carboxylic acids is 3. The molecule has 1 spiro atoms. The van der Waals surface area contributed by atoms with Crippen molar-refractivity contribution >= 4 is 35.2 Å². The number of carbonyl (C=O) groups is 3. The molecule has 3 N–H and O–H groups in total. The van der Waals surface area contributed by atoms with Gasteiger partial charge in [0.25, 0.3) is 0 Å². The Morgan fingerprint density at radius 3 is 2.32 bits per heavy atom. The number of nitrogens with zero attached hydrogens (tertiary/aromatic N) is 1. The van der Waals surface area contributed by atoms with Gasteiger partial charge >= 0.3 is 0 Å². The summed E-state index contributed by atoms with van der Waals surface area (Å²) < 4.78 is -0.718. The largest absolute Gasteiger partial charge is 0.394 e. The van der Waals surface area contributed by atoms with Gasteiger partial charge in [0.1, 0.15) is 6.04 Å². The van der Waals surface area contributed by atoms with E-state index >= 15 is 0 Å². The summed E-state index contributed by atoms with van der Waals surface area (Å²) in [6, 6.07) is 8.05. The molecule has 3 fully saturated rings. The number of para-hydroxylation sites is 1. The lowest BCUT2D eigenvalue weighted by molar-refractivity contribution is -0.143. The van der Waals surface area contributed by atoms with Crippen LogP contribution in [0.2, 0.25) is 0 Å². The van der Waals surface area contributed by atoms with Crippen molar-refractivity contribution in [2.45, 2.75) is 95.9 Å². The zero-order valence-corrected chi connectivity index (χ0v) is 24.9. The number of rotatable bonds is 8. The SMILES string of the molecule is CC(C)[C@H](CO)N1C(=O)[C@@H]2[C@@H](C(=O)Nc3ccccc3)[C@H]3CC(C)C2(S3)C1C(=O)NC(C)(C)CC(C)(C)C. The van der Waals surface area contributed by atoms with Crippen molar-refractivity contribution in [1.82, 2.24) is 10.2 Å². The minimum Gasteiger partial charge on any atom is -0.394 e. The van der Waals surface area contributed by atoms with Crippen LogP contribution < -0.4 is 10.6 Å². The molecule has 3 heterocycles. The fourth-order valence-electron chi connectivity index (χ4n) is 7.56. The van der Waals surface area contributed by atoms with Crippen LogP contribution in [0, 0.1) is 29.1 Å². The van der Waals surface area contributed by atoms with Gasteiger partial charge in [0.05, 0.1) is 29.2 Å². The summed E-state index contributed by atoms with van der Waals surface area (Å²) in [4.78, 5) is 44.0. The lowest BCUT2D eigenvalue weighted by Gasteiger charge is -2.43. The smallest absolute Gasteiger partial charge is 0.244 e. The number of aliphatic hydroxyl groups excluding tert-OH is 1. The van der Waals surface area contributed by atoms with E-state index < -0.39 is 34.2 Å². The predicted octanol–water partition coefficient (Wildman–Crippen LogP) is 4.31. The van der Waals surface area contributed by atoms with Gasteiger partial charge < -0.3 is 20.6 Å². The molecule has 1 aromatic carbocycles. The molecule has 3 amide bonds. The van der Waals surface area contributed by atoms with E-state index in [1.54, 1.807) is 16.7 Å². The Labute approximate surface area is 231 Å². The summed E-state index contributed by atoms with van der Waals surface area (Å²) in [6.07, 6.45) is 1.54. The van der Waals surface area contributed by atoms with Gasteiger partial charge in [-0.15, -0.1) is 11.8 Å². The molecule has 7 atom stereocenters. The van der Waals surface area contributed by atoms with Crippen molar-refractivity contribution in [3.8, 4) is 0 Å². The summed E-state index contributed by atoms with van der Waals surface area (Å²) in [5, 5.41) is 16.7. The Bertz CT molecular complexity index is 1070. The zero-order valence-electron chi connectivity index (χ0n) is 24.1. The van der Waals surface area contributed by atoms with Crippen LogP contribution >= 0.6 is 11.8 Å². The van der Waals surface area contributed by atoms with E-state index in [9.17, 15) is 19.5 Å². The first-order valence-corrected chi connectivity index (χ1v) is 14.8. The Balaban J connectivity index is 1.75. The van der Waals surface area contributed by atoms with Gasteiger partial charge in [-0.3, -0.25) is 14.4 Å². The first-order chi connectivity index (χ1) is 17.6. The molecule has 3 aliphatic rings. The molecule has 0 radical (unpaired) electrons. The molecule has 3 unspecified atom stereocenters. The molecular weight excluding hydrogens is 498 g/mol. The van der Waals surface area contributed by atoms with E-state index in [2.05, 4.69) is 38.3 Å². The highest BCUT2D eigenvalue weighted by Gasteiger charge is 2.76. The van der Waals surface area contributed by atoms with Crippen LogP contribution in [-0.4, -0.2) is 62.0 Å². The molecule has 3 aliphatic heterocycles. The van der Waals surface area contributed by atoms with E-state index in [4.69, 9.17) is 0 Å². The van der Waals surface area contributed by atoms with Crippen LogP contribution in [0.4, 0.5) is 5.69 Å². The molecule has 0 aliphatic carbocycles. The maximum atomic E-state index is 14.3. The number of amides is 3. The fourth-order valence-corrected chi connectivity index (χ4v) is 9.96. The number of benzene rings is 1. The molecule has 210 valence electrons. The van der Waals surface area contributed by atoms with Crippen molar-refractivity contribution in [3.63, 3.8) is 0 Å². The summed E-state index contributed by atoms with van der Waals surface area (Å²) in [7, 11) is 0. The number of likely N-dealkylation sites (tertiary alicyclic amines) is 1. The summed E-state index contributed by atoms with van der Waals surface area (Å²) in [6.45, 7) is 16.3. The molecule has 0 aromatic heterocycles. The highest BCUT2D eigenvalue weighted by atomic mass is 32.2.